The Hall–Kier alpha value is -1.55. The van der Waals surface area contributed by atoms with E-state index in [9.17, 15) is 5.11 Å². The Labute approximate surface area is 108 Å². The number of aryl methyl sites for hydroxylation is 2. The number of nitrogens with zero attached hydrogens (tertiary/aromatic N) is 2. The molecular formula is C14H21N3O. The third-order valence-electron chi connectivity index (χ3n) is 3.46. The average molecular weight is 247 g/mol. The van der Waals surface area contributed by atoms with Crippen molar-refractivity contribution in [3.05, 3.63) is 24.0 Å². The van der Waals surface area contributed by atoms with Crippen LogP contribution in [0.5, 0.6) is 0 Å². The van der Waals surface area contributed by atoms with E-state index in [1.54, 1.807) is 0 Å². The molecule has 0 aliphatic heterocycles. The molecule has 1 heterocycles. The van der Waals surface area contributed by atoms with Crippen LogP contribution in [0.1, 0.15) is 19.7 Å². The minimum absolute atomic E-state index is 0.0762. The molecule has 1 unspecified atom stereocenters. The summed E-state index contributed by atoms with van der Waals surface area (Å²) >= 11 is 0. The van der Waals surface area contributed by atoms with Crippen molar-refractivity contribution in [1.29, 1.82) is 0 Å². The van der Waals surface area contributed by atoms with E-state index in [0.717, 1.165) is 22.5 Å². The molecule has 0 spiro atoms. The molecule has 18 heavy (non-hydrogen) atoms. The van der Waals surface area contributed by atoms with Gasteiger partial charge in [0.1, 0.15) is 5.82 Å². The van der Waals surface area contributed by atoms with Crippen molar-refractivity contribution in [3.63, 3.8) is 0 Å². The summed E-state index contributed by atoms with van der Waals surface area (Å²) < 4.78 is 2.07. The van der Waals surface area contributed by atoms with Crippen molar-refractivity contribution in [1.82, 2.24) is 9.55 Å². The highest BCUT2D eigenvalue weighted by molar-refractivity contribution is 5.80. The molecular weight excluding hydrogens is 226 g/mol. The number of aromatic nitrogens is 2. The zero-order valence-electron chi connectivity index (χ0n) is 11.4. The van der Waals surface area contributed by atoms with Crippen molar-refractivity contribution < 1.29 is 5.11 Å². The zero-order valence-corrected chi connectivity index (χ0v) is 11.4. The molecule has 0 saturated carbocycles. The molecule has 0 bridgehead atoms. The molecule has 0 saturated heterocycles. The van der Waals surface area contributed by atoms with Crippen LogP contribution in [0.4, 0.5) is 5.69 Å². The maximum Gasteiger partial charge on any atom is 0.106 e. The normalized spacial score (nSPS) is 13.2. The Morgan fingerprint density at radius 3 is 2.72 bits per heavy atom. The Morgan fingerprint density at radius 1 is 1.39 bits per heavy atom. The van der Waals surface area contributed by atoms with Gasteiger partial charge in [-0.1, -0.05) is 13.8 Å². The van der Waals surface area contributed by atoms with Crippen LogP contribution in [-0.2, 0) is 7.05 Å². The quantitative estimate of drug-likeness (QED) is 0.871. The lowest BCUT2D eigenvalue weighted by Gasteiger charge is -2.21. The molecule has 1 aromatic carbocycles. The van der Waals surface area contributed by atoms with Crippen LogP contribution in [0.25, 0.3) is 11.0 Å². The zero-order chi connectivity index (χ0) is 13.3. The number of nitrogens with one attached hydrogen (secondary N) is 1. The van der Waals surface area contributed by atoms with Gasteiger partial charge in [0, 0.05) is 12.7 Å². The summed E-state index contributed by atoms with van der Waals surface area (Å²) in [6, 6.07) is 6.21. The van der Waals surface area contributed by atoms with Crippen molar-refractivity contribution in [2.45, 2.75) is 26.8 Å². The Bertz CT molecular complexity index is 545. The number of anilines is 1. The number of benzene rings is 1. The predicted octanol–water partition coefficient (Wildman–Crippen LogP) is 2.31. The fourth-order valence-electron chi connectivity index (χ4n) is 2.05. The smallest absolute Gasteiger partial charge is 0.106 e. The van der Waals surface area contributed by atoms with E-state index in [1.165, 1.54) is 0 Å². The summed E-state index contributed by atoms with van der Waals surface area (Å²) in [6.07, 6.45) is 0. The molecule has 2 N–H and O–H groups in total. The van der Waals surface area contributed by atoms with E-state index < -0.39 is 0 Å². The molecule has 0 radical (unpaired) electrons. The fraction of sp³-hybridized carbons (Fsp3) is 0.500. The Kier molecular flexibility index (Phi) is 3.57. The van der Waals surface area contributed by atoms with E-state index in [1.807, 2.05) is 26.1 Å². The topological polar surface area (TPSA) is 50.1 Å². The third kappa shape index (κ3) is 2.34. The second-order valence-electron chi connectivity index (χ2n) is 5.10. The maximum absolute atomic E-state index is 9.34. The van der Waals surface area contributed by atoms with Crippen molar-refractivity contribution in [3.8, 4) is 0 Å². The van der Waals surface area contributed by atoms with E-state index >= 15 is 0 Å². The lowest BCUT2D eigenvalue weighted by atomic mass is 10.1. The summed E-state index contributed by atoms with van der Waals surface area (Å²) in [6.45, 7) is 6.32. The van der Waals surface area contributed by atoms with Crippen LogP contribution in [0.2, 0.25) is 0 Å². The molecule has 98 valence electrons. The van der Waals surface area contributed by atoms with Crippen LogP contribution in [0, 0.1) is 12.8 Å². The first-order valence-corrected chi connectivity index (χ1v) is 6.33. The molecule has 0 aliphatic rings. The van der Waals surface area contributed by atoms with Gasteiger partial charge in [0.05, 0.1) is 23.7 Å². The average Bonchev–Trinajstić information content (AvgIpc) is 2.61. The van der Waals surface area contributed by atoms with Gasteiger partial charge in [-0.15, -0.1) is 0 Å². The van der Waals surface area contributed by atoms with Crippen molar-refractivity contribution >= 4 is 16.7 Å². The van der Waals surface area contributed by atoms with E-state index in [0.29, 0.717) is 5.92 Å². The number of aliphatic hydroxyl groups is 1. The molecule has 2 rings (SSSR count). The van der Waals surface area contributed by atoms with Crippen molar-refractivity contribution in [2.75, 3.05) is 11.9 Å². The van der Waals surface area contributed by atoms with Gasteiger partial charge < -0.3 is 15.0 Å². The Balaban J connectivity index is 2.30. The van der Waals surface area contributed by atoms with E-state index in [4.69, 9.17) is 0 Å². The molecule has 2 aromatic rings. The number of imidazole rings is 1. The first-order chi connectivity index (χ1) is 8.52. The van der Waals surface area contributed by atoms with Crippen LogP contribution in [0.15, 0.2) is 18.2 Å². The lowest BCUT2D eigenvalue weighted by molar-refractivity contribution is 0.249. The maximum atomic E-state index is 9.34. The largest absolute Gasteiger partial charge is 0.394 e. The van der Waals surface area contributed by atoms with Crippen molar-refractivity contribution in [2.24, 2.45) is 13.0 Å². The molecule has 1 atom stereocenters. The minimum atomic E-state index is 0.0762. The van der Waals surface area contributed by atoms with Gasteiger partial charge in [0.15, 0.2) is 0 Å². The van der Waals surface area contributed by atoms with Gasteiger partial charge in [0.25, 0.3) is 0 Å². The standard InChI is InChI=1S/C14H21N3O/c1-9(2)13(8-18)16-11-5-6-14-12(7-11)15-10(3)17(14)4/h5-7,9,13,16,18H,8H2,1-4H3. The second kappa shape index (κ2) is 4.98. The van der Waals surface area contributed by atoms with Crippen LogP contribution in [-0.4, -0.2) is 27.3 Å². The summed E-state index contributed by atoms with van der Waals surface area (Å²) in [5, 5.41) is 12.7. The van der Waals surface area contributed by atoms with Crippen LogP contribution >= 0.6 is 0 Å². The second-order valence-corrected chi connectivity index (χ2v) is 5.10. The van der Waals surface area contributed by atoms with E-state index in [-0.39, 0.29) is 12.6 Å². The molecule has 0 amide bonds. The van der Waals surface area contributed by atoms with E-state index in [2.05, 4.69) is 34.8 Å². The minimum Gasteiger partial charge on any atom is -0.394 e. The van der Waals surface area contributed by atoms with Crippen LogP contribution < -0.4 is 5.32 Å². The van der Waals surface area contributed by atoms with Gasteiger partial charge >= 0.3 is 0 Å². The van der Waals surface area contributed by atoms with Gasteiger partial charge in [-0.05, 0) is 31.0 Å². The highest BCUT2D eigenvalue weighted by Gasteiger charge is 2.12. The summed E-state index contributed by atoms with van der Waals surface area (Å²) in [4.78, 5) is 4.51. The molecule has 0 fully saturated rings. The van der Waals surface area contributed by atoms with Gasteiger partial charge in [-0.2, -0.15) is 0 Å². The molecule has 4 nitrogen and oxygen atoms in total. The van der Waals surface area contributed by atoms with Gasteiger partial charge in [-0.25, -0.2) is 4.98 Å². The number of hydrogen-bond acceptors (Lipinski definition) is 3. The van der Waals surface area contributed by atoms with Gasteiger partial charge in [-0.3, -0.25) is 0 Å². The first kappa shape index (κ1) is 12.9. The molecule has 1 aromatic heterocycles. The number of hydrogen-bond donors (Lipinski definition) is 2. The monoisotopic (exact) mass is 247 g/mol. The first-order valence-electron chi connectivity index (χ1n) is 6.33. The highest BCUT2D eigenvalue weighted by atomic mass is 16.3. The molecule has 4 heteroatoms. The predicted molar refractivity (Wildman–Crippen MR) is 74.8 cm³/mol. The number of aliphatic hydroxyl groups excluding tert-OH is 1. The third-order valence-corrected chi connectivity index (χ3v) is 3.46. The Morgan fingerprint density at radius 2 is 2.11 bits per heavy atom. The summed E-state index contributed by atoms with van der Waals surface area (Å²) in [7, 11) is 2.02. The van der Waals surface area contributed by atoms with Crippen LogP contribution in [0.3, 0.4) is 0 Å². The summed E-state index contributed by atoms with van der Waals surface area (Å²) in [5.41, 5.74) is 3.12. The highest BCUT2D eigenvalue weighted by Crippen LogP contribution is 2.20. The summed E-state index contributed by atoms with van der Waals surface area (Å²) in [5.74, 6) is 1.39. The molecule has 0 aliphatic carbocycles. The lowest BCUT2D eigenvalue weighted by Crippen LogP contribution is -2.29. The SMILES string of the molecule is Cc1nc2cc(NC(CO)C(C)C)ccc2n1C. The van der Waals surface area contributed by atoms with Gasteiger partial charge in [0.2, 0.25) is 0 Å². The number of fused-ring (bicyclic) bond motifs is 1. The number of rotatable bonds is 4. The fourth-order valence-corrected chi connectivity index (χ4v) is 2.05.